The van der Waals surface area contributed by atoms with Gasteiger partial charge in [0.2, 0.25) is 0 Å². The van der Waals surface area contributed by atoms with Crippen molar-refractivity contribution in [3.8, 4) is 0 Å². The van der Waals surface area contributed by atoms with Gasteiger partial charge in [-0.2, -0.15) is 5.10 Å². The van der Waals surface area contributed by atoms with Crippen LogP contribution in [-0.2, 0) is 11.8 Å². The van der Waals surface area contributed by atoms with Crippen molar-refractivity contribution in [2.75, 3.05) is 18.0 Å². The fourth-order valence-electron chi connectivity index (χ4n) is 3.20. The predicted molar refractivity (Wildman–Crippen MR) is 85.5 cm³/mol. The third-order valence-corrected chi connectivity index (χ3v) is 4.11. The summed E-state index contributed by atoms with van der Waals surface area (Å²) in [6, 6.07) is 0. The maximum absolute atomic E-state index is 6.14. The molecule has 0 spiro atoms. The number of fused-ring (bicyclic) bond motifs is 1. The molecule has 0 atom stereocenters. The van der Waals surface area contributed by atoms with Gasteiger partial charge in [0.1, 0.15) is 16.7 Å². The summed E-state index contributed by atoms with van der Waals surface area (Å²) in [5.74, 6) is 0.907. The van der Waals surface area contributed by atoms with E-state index >= 15 is 0 Å². The average Bonchev–Trinajstić information content (AvgIpc) is 2.61. The first-order valence-electron chi connectivity index (χ1n) is 6.97. The minimum atomic E-state index is -0.228. The van der Waals surface area contributed by atoms with E-state index < -0.39 is 0 Å². The first kappa shape index (κ1) is 14.7. The average molecular weight is 354 g/mol. The zero-order valence-corrected chi connectivity index (χ0v) is 14.6. The van der Waals surface area contributed by atoms with E-state index in [0.29, 0.717) is 0 Å². The molecule has 3 rings (SSSR count). The molecule has 0 radical (unpaired) electrons. The van der Waals surface area contributed by atoms with Crippen molar-refractivity contribution in [3.63, 3.8) is 0 Å². The number of nitrogens with zero attached hydrogens (tertiary/aromatic N) is 5. The van der Waals surface area contributed by atoms with Crippen LogP contribution in [0.5, 0.6) is 0 Å². The Kier molecular flexibility index (Phi) is 3.25. The van der Waals surface area contributed by atoms with E-state index in [1.807, 2.05) is 7.05 Å². The van der Waals surface area contributed by atoms with Crippen LogP contribution in [0.2, 0.25) is 0 Å². The second kappa shape index (κ2) is 4.64. The zero-order valence-electron chi connectivity index (χ0n) is 13.0. The van der Waals surface area contributed by atoms with Crippen molar-refractivity contribution in [1.82, 2.24) is 19.7 Å². The van der Waals surface area contributed by atoms with Crippen LogP contribution >= 0.6 is 15.9 Å². The van der Waals surface area contributed by atoms with Gasteiger partial charge >= 0.3 is 0 Å². The number of anilines is 1. The van der Waals surface area contributed by atoms with Gasteiger partial charge in [0.25, 0.3) is 0 Å². The first-order valence-corrected chi connectivity index (χ1v) is 7.76. The number of aromatic nitrogens is 4. The lowest BCUT2D eigenvalue weighted by Crippen LogP contribution is -2.57. The number of morpholine rings is 1. The Morgan fingerprint density at radius 3 is 2.38 bits per heavy atom. The SMILES string of the molecule is Cn1nc(Br)c2c(N3CC(C)(C)OC(C)(C)C3)ncnc21. The van der Waals surface area contributed by atoms with Crippen molar-refractivity contribution < 1.29 is 4.74 Å². The molecule has 0 aromatic carbocycles. The number of hydrogen-bond donors (Lipinski definition) is 0. The van der Waals surface area contributed by atoms with Crippen molar-refractivity contribution in [2.24, 2.45) is 7.05 Å². The van der Waals surface area contributed by atoms with Crippen molar-refractivity contribution in [2.45, 2.75) is 38.9 Å². The van der Waals surface area contributed by atoms with E-state index in [9.17, 15) is 0 Å². The highest BCUT2D eigenvalue weighted by molar-refractivity contribution is 9.10. The highest BCUT2D eigenvalue weighted by Gasteiger charge is 2.39. The van der Waals surface area contributed by atoms with Crippen molar-refractivity contribution >= 4 is 32.8 Å². The predicted octanol–water partition coefficient (Wildman–Crippen LogP) is 2.52. The van der Waals surface area contributed by atoms with E-state index in [0.717, 1.165) is 34.5 Å². The minimum Gasteiger partial charge on any atom is -0.366 e. The third-order valence-electron chi connectivity index (χ3n) is 3.55. The summed E-state index contributed by atoms with van der Waals surface area (Å²) < 4.78 is 8.68. The molecule has 1 aliphatic rings. The summed E-state index contributed by atoms with van der Waals surface area (Å²) in [5, 5.41) is 5.34. The van der Waals surface area contributed by atoms with E-state index in [1.165, 1.54) is 0 Å². The Morgan fingerprint density at radius 2 is 1.76 bits per heavy atom. The molecule has 3 heterocycles. The van der Waals surface area contributed by atoms with Crippen LogP contribution in [0.3, 0.4) is 0 Å². The largest absolute Gasteiger partial charge is 0.366 e. The molecule has 0 saturated carbocycles. The van der Waals surface area contributed by atoms with Gasteiger partial charge in [-0.1, -0.05) is 0 Å². The molecule has 1 aliphatic heterocycles. The van der Waals surface area contributed by atoms with Crippen LogP contribution in [0, 0.1) is 0 Å². The Labute approximate surface area is 132 Å². The summed E-state index contributed by atoms with van der Waals surface area (Å²) in [4.78, 5) is 11.1. The van der Waals surface area contributed by atoms with Crippen LogP contribution in [0.4, 0.5) is 5.82 Å². The molecule has 7 heteroatoms. The molecule has 1 fully saturated rings. The van der Waals surface area contributed by atoms with Gasteiger partial charge in [0.15, 0.2) is 5.65 Å². The molecule has 0 unspecified atom stereocenters. The standard InChI is InChI=1S/C14H20BrN5O/c1-13(2)6-20(7-14(3,4)21-13)12-9-10(15)18-19(5)11(9)16-8-17-12/h8H,6-7H2,1-5H3. The second-order valence-corrected chi connectivity index (χ2v) is 7.54. The first-order chi connectivity index (χ1) is 9.69. The monoisotopic (exact) mass is 353 g/mol. The van der Waals surface area contributed by atoms with Crippen molar-refractivity contribution in [3.05, 3.63) is 10.9 Å². The summed E-state index contributed by atoms with van der Waals surface area (Å²) in [6.07, 6.45) is 1.60. The highest BCUT2D eigenvalue weighted by Crippen LogP contribution is 2.35. The fourth-order valence-corrected chi connectivity index (χ4v) is 3.80. The van der Waals surface area contributed by atoms with Gasteiger partial charge < -0.3 is 9.64 Å². The Hall–Kier alpha value is -1.21. The van der Waals surface area contributed by atoms with Crippen molar-refractivity contribution in [1.29, 1.82) is 0 Å². The lowest BCUT2D eigenvalue weighted by atomic mass is 9.99. The van der Waals surface area contributed by atoms with Crippen LogP contribution in [-0.4, -0.2) is 44.0 Å². The summed E-state index contributed by atoms with van der Waals surface area (Å²) >= 11 is 3.52. The smallest absolute Gasteiger partial charge is 0.164 e. The van der Waals surface area contributed by atoms with Crippen LogP contribution in [0.15, 0.2) is 10.9 Å². The molecule has 21 heavy (non-hydrogen) atoms. The molecule has 2 aromatic rings. The Bertz CT molecular complexity index is 678. The molecule has 0 N–H and O–H groups in total. The molecule has 1 saturated heterocycles. The number of aryl methyl sites for hydroxylation is 1. The maximum Gasteiger partial charge on any atom is 0.164 e. The number of ether oxygens (including phenoxy) is 1. The Morgan fingerprint density at radius 1 is 1.14 bits per heavy atom. The number of hydrogen-bond acceptors (Lipinski definition) is 5. The van der Waals surface area contributed by atoms with Gasteiger partial charge in [-0.3, -0.25) is 0 Å². The van der Waals surface area contributed by atoms with Gasteiger partial charge in [0, 0.05) is 20.1 Å². The maximum atomic E-state index is 6.14. The van der Waals surface area contributed by atoms with Crippen LogP contribution in [0.25, 0.3) is 11.0 Å². The lowest BCUT2D eigenvalue weighted by molar-refractivity contribution is -0.133. The quantitative estimate of drug-likeness (QED) is 0.788. The summed E-state index contributed by atoms with van der Waals surface area (Å²) in [5.41, 5.74) is 0.371. The summed E-state index contributed by atoms with van der Waals surface area (Å²) in [7, 11) is 1.89. The van der Waals surface area contributed by atoms with E-state index in [1.54, 1.807) is 11.0 Å². The normalized spacial score (nSPS) is 21.0. The lowest BCUT2D eigenvalue weighted by Gasteiger charge is -2.47. The molecule has 6 nitrogen and oxygen atoms in total. The molecule has 0 amide bonds. The number of halogens is 1. The van der Waals surface area contributed by atoms with Gasteiger partial charge in [-0.15, -0.1) is 0 Å². The molecule has 114 valence electrons. The third kappa shape index (κ3) is 2.64. The van der Waals surface area contributed by atoms with E-state index in [2.05, 4.69) is 63.6 Å². The molecule has 0 bridgehead atoms. The fraction of sp³-hybridized carbons (Fsp3) is 0.643. The van der Waals surface area contributed by atoms with Gasteiger partial charge in [-0.25, -0.2) is 14.6 Å². The Balaban J connectivity index is 2.12. The topological polar surface area (TPSA) is 56.1 Å². The molecular weight excluding hydrogens is 334 g/mol. The number of rotatable bonds is 1. The second-order valence-electron chi connectivity index (χ2n) is 6.79. The minimum absolute atomic E-state index is 0.228. The van der Waals surface area contributed by atoms with Gasteiger partial charge in [0.05, 0.1) is 16.6 Å². The molecular formula is C14H20BrN5O. The van der Waals surface area contributed by atoms with Crippen LogP contribution in [0.1, 0.15) is 27.7 Å². The zero-order chi connectivity index (χ0) is 15.4. The molecule has 2 aromatic heterocycles. The van der Waals surface area contributed by atoms with Gasteiger partial charge in [-0.05, 0) is 43.6 Å². The molecule has 0 aliphatic carbocycles. The van der Waals surface area contributed by atoms with Crippen LogP contribution < -0.4 is 4.90 Å². The van der Waals surface area contributed by atoms with E-state index in [-0.39, 0.29) is 11.2 Å². The highest BCUT2D eigenvalue weighted by atomic mass is 79.9. The van der Waals surface area contributed by atoms with E-state index in [4.69, 9.17) is 4.74 Å². The summed E-state index contributed by atoms with van der Waals surface area (Å²) in [6.45, 7) is 10.00.